The second kappa shape index (κ2) is 15.7. The standard InChI is InChI=1S/C3H7N.2HI.Pt/c1-2-3-4;;;/h4H,1-3H2;2*1H;/q-2;;;+4/p-2. The summed E-state index contributed by atoms with van der Waals surface area (Å²) in [5.74, 6) is 0. The third kappa shape index (κ3) is 31.3. The molecule has 0 bridgehead atoms. The van der Waals surface area contributed by atoms with E-state index in [1.54, 1.807) is 0 Å². The van der Waals surface area contributed by atoms with E-state index >= 15 is 0 Å². The van der Waals surface area contributed by atoms with Crippen molar-refractivity contribution in [1.29, 1.82) is 0 Å². The van der Waals surface area contributed by atoms with Gasteiger partial charge in [-0.15, -0.1) is 0 Å². The molecule has 0 unspecified atom stereocenters. The molecule has 0 radical (unpaired) electrons. The average molecular weight is 506 g/mol. The summed E-state index contributed by atoms with van der Waals surface area (Å²) in [4.78, 5) is 0. The monoisotopic (exact) mass is 506 g/mol. The predicted octanol–water partition coefficient (Wildman–Crippen LogP) is 3.03. The van der Waals surface area contributed by atoms with Gasteiger partial charge in [0.2, 0.25) is 0 Å². The summed E-state index contributed by atoms with van der Waals surface area (Å²) in [5, 5.41) is 0. The van der Waals surface area contributed by atoms with Crippen LogP contribution in [0.15, 0.2) is 0 Å². The molecule has 48 valence electrons. The van der Waals surface area contributed by atoms with Crippen LogP contribution in [0.1, 0.15) is 6.42 Å². The third-order valence-corrected chi connectivity index (χ3v) is 0.177. The topological polar surface area (TPSA) is 23.8 Å². The van der Waals surface area contributed by atoms with Crippen LogP contribution >= 0.6 is 38.7 Å². The van der Waals surface area contributed by atoms with Gasteiger partial charge in [0.25, 0.3) is 0 Å². The Hall–Kier alpha value is 2.11. The molecule has 0 aliphatic rings. The van der Waals surface area contributed by atoms with Crippen molar-refractivity contribution >= 4 is 38.7 Å². The van der Waals surface area contributed by atoms with Gasteiger partial charge in [0.1, 0.15) is 0 Å². The molecule has 0 aromatic heterocycles. The maximum absolute atomic E-state index is 6.39. The molecule has 0 fully saturated rings. The predicted molar refractivity (Wildman–Crippen MR) is 47.2 cm³/mol. The van der Waals surface area contributed by atoms with Crippen molar-refractivity contribution in [3.05, 3.63) is 12.7 Å². The summed E-state index contributed by atoms with van der Waals surface area (Å²) in [6.45, 7) is 3.88. The Balaban J connectivity index is 0. The molecule has 0 aromatic rings. The molecule has 4 heteroatoms. The van der Waals surface area contributed by atoms with Crippen molar-refractivity contribution < 1.29 is 11.2 Å². The molecule has 0 atom stereocenters. The zero-order chi connectivity index (χ0) is 6.12. The summed E-state index contributed by atoms with van der Waals surface area (Å²) >= 11 is 5.30. The SMILES string of the molecule is [CH2-]CC[NH-].[I][Pt+2][I]. The van der Waals surface area contributed by atoms with E-state index in [2.05, 4.69) is 45.6 Å². The van der Waals surface area contributed by atoms with E-state index in [-0.39, 0.29) is 0 Å². The summed E-state index contributed by atoms with van der Waals surface area (Å²) in [6, 6.07) is 0. The second-order valence-corrected chi connectivity index (χ2v) is 17.2. The molecule has 0 aliphatic heterocycles. The van der Waals surface area contributed by atoms with E-state index < -0.39 is 0 Å². The van der Waals surface area contributed by atoms with Crippen LogP contribution in [-0.2, 0) is 11.2 Å². The van der Waals surface area contributed by atoms with Gasteiger partial charge in [-0.05, 0) is 0 Å². The van der Waals surface area contributed by atoms with E-state index in [0.717, 1.165) is 6.42 Å². The van der Waals surface area contributed by atoms with Crippen molar-refractivity contribution in [2.24, 2.45) is 0 Å². The van der Waals surface area contributed by atoms with Crippen molar-refractivity contribution in [1.82, 2.24) is 0 Å². The van der Waals surface area contributed by atoms with Crippen molar-refractivity contribution in [2.45, 2.75) is 6.42 Å². The van der Waals surface area contributed by atoms with Gasteiger partial charge >= 0.3 is 49.9 Å². The van der Waals surface area contributed by atoms with Crippen LogP contribution in [0.2, 0.25) is 0 Å². The zero-order valence-electron chi connectivity index (χ0n) is 3.69. The molecule has 0 amide bonds. The first kappa shape index (κ1) is 11.9. The number of nitrogens with one attached hydrogen (secondary N) is 1. The molecule has 1 nitrogen and oxygen atoms in total. The molecule has 0 aliphatic carbocycles. The fourth-order valence-electron chi connectivity index (χ4n) is 0. The molecule has 0 spiro atoms. The van der Waals surface area contributed by atoms with E-state index in [0.29, 0.717) is 17.7 Å². The van der Waals surface area contributed by atoms with Gasteiger partial charge in [-0.2, -0.15) is 6.54 Å². The normalized spacial score (nSPS) is 7.43. The first-order valence-corrected chi connectivity index (χ1v) is 14.5. The first-order valence-electron chi connectivity index (χ1n) is 1.59. The molecule has 0 saturated heterocycles. The third-order valence-electron chi connectivity index (χ3n) is 0.177. The summed E-state index contributed by atoms with van der Waals surface area (Å²) in [6.07, 6.45) is 0.736. The Morgan fingerprint density at radius 2 is 1.71 bits per heavy atom. The average Bonchev–Trinajstić information content (AvgIpc) is 1.69. The summed E-state index contributed by atoms with van der Waals surface area (Å²) in [7, 11) is 0. The van der Waals surface area contributed by atoms with Gasteiger partial charge < -0.3 is 12.7 Å². The van der Waals surface area contributed by atoms with Gasteiger partial charge in [-0.3, -0.25) is 0 Å². The Morgan fingerprint density at radius 1 is 1.57 bits per heavy atom. The number of halogens is 2. The van der Waals surface area contributed by atoms with E-state index in [1.165, 1.54) is 0 Å². The second-order valence-electron chi connectivity index (χ2n) is 0.649. The van der Waals surface area contributed by atoms with Crippen LogP contribution in [0, 0.1) is 6.92 Å². The maximum atomic E-state index is 6.39. The van der Waals surface area contributed by atoms with Crippen LogP contribution in [0.25, 0.3) is 5.73 Å². The van der Waals surface area contributed by atoms with Crippen molar-refractivity contribution in [3.8, 4) is 0 Å². The van der Waals surface area contributed by atoms with Crippen LogP contribution in [0.3, 0.4) is 0 Å². The fraction of sp³-hybridized carbons (Fsp3) is 0.667. The molecular formula is C3H7I2NPt. The van der Waals surface area contributed by atoms with Crippen LogP contribution in [0.4, 0.5) is 0 Å². The van der Waals surface area contributed by atoms with Crippen molar-refractivity contribution in [2.75, 3.05) is 6.54 Å². The first-order chi connectivity index (χ1) is 3.33. The summed E-state index contributed by atoms with van der Waals surface area (Å²) in [5.41, 5.74) is 6.39. The summed E-state index contributed by atoms with van der Waals surface area (Å²) < 4.78 is 0. The Bertz CT molecular complexity index is 20.4. The fourth-order valence-corrected chi connectivity index (χ4v) is 0. The molecule has 0 saturated carbocycles. The molecule has 0 rings (SSSR count). The molecule has 7 heavy (non-hydrogen) atoms. The zero-order valence-corrected chi connectivity index (χ0v) is 10.3. The van der Waals surface area contributed by atoms with Crippen LogP contribution < -0.4 is 0 Å². The Morgan fingerprint density at radius 3 is 1.71 bits per heavy atom. The molecule has 0 aromatic carbocycles. The van der Waals surface area contributed by atoms with Gasteiger partial charge in [0.15, 0.2) is 0 Å². The van der Waals surface area contributed by atoms with E-state index in [1.807, 2.05) is 0 Å². The van der Waals surface area contributed by atoms with Crippen molar-refractivity contribution in [3.63, 3.8) is 0 Å². The van der Waals surface area contributed by atoms with E-state index in [4.69, 9.17) is 5.73 Å². The van der Waals surface area contributed by atoms with Crippen LogP contribution in [-0.4, -0.2) is 6.54 Å². The van der Waals surface area contributed by atoms with Gasteiger partial charge in [0, 0.05) is 0 Å². The Kier molecular flexibility index (Phi) is 26.6. The molecular weight excluding hydrogens is 499 g/mol. The minimum atomic E-state index is 0.458. The minimum absolute atomic E-state index is 0.458. The van der Waals surface area contributed by atoms with Crippen LogP contribution in [0.5, 0.6) is 0 Å². The quantitative estimate of drug-likeness (QED) is 0.386. The van der Waals surface area contributed by atoms with E-state index in [9.17, 15) is 0 Å². The molecule has 1 N–H and O–H groups in total. The van der Waals surface area contributed by atoms with Gasteiger partial charge in [-0.25, -0.2) is 6.42 Å². The number of hydrogen-bond donors (Lipinski definition) is 0. The van der Waals surface area contributed by atoms with Gasteiger partial charge in [-0.1, -0.05) is 0 Å². The van der Waals surface area contributed by atoms with Gasteiger partial charge in [0.05, 0.1) is 0 Å². The number of hydrogen-bond acceptors (Lipinski definition) is 0. The molecule has 0 heterocycles. The number of rotatable bonds is 1. The Labute approximate surface area is 74.4 Å².